The smallest absolute Gasteiger partial charge is 0.411 e. The fraction of sp³-hybridized carbons (Fsp3) is 0.273. The zero-order valence-corrected chi connectivity index (χ0v) is 17.7. The molecule has 9 nitrogen and oxygen atoms in total. The number of aryl methyl sites for hydroxylation is 1. The van der Waals surface area contributed by atoms with Crippen LogP contribution in [0.3, 0.4) is 0 Å². The summed E-state index contributed by atoms with van der Waals surface area (Å²) in [5.74, 6) is 0.0683. The summed E-state index contributed by atoms with van der Waals surface area (Å²) in [5, 5.41) is 11.0. The zero-order valence-electron chi connectivity index (χ0n) is 17.7. The van der Waals surface area contributed by atoms with Gasteiger partial charge in [0.25, 0.3) is 5.56 Å². The lowest BCUT2D eigenvalue weighted by molar-refractivity contribution is 0.209. The van der Waals surface area contributed by atoms with E-state index in [2.05, 4.69) is 15.3 Å². The molecule has 2 aromatic heterocycles. The van der Waals surface area contributed by atoms with Crippen molar-refractivity contribution < 1.29 is 9.90 Å². The molecule has 1 amide bonds. The van der Waals surface area contributed by atoms with E-state index in [1.165, 1.54) is 0 Å². The highest BCUT2D eigenvalue weighted by Crippen LogP contribution is 2.25. The minimum absolute atomic E-state index is 0.0683. The molecular weight excluding hydrogens is 396 g/mol. The number of hydrogen-bond acceptors (Lipinski definition) is 6. The molecule has 0 atom stereocenters. The van der Waals surface area contributed by atoms with Gasteiger partial charge in [0.15, 0.2) is 0 Å². The Bertz CT molecular complexity index is 1200. The molecule has 0 bridgehead atoms. The molecule has 0 unspecified atom stereocenters. The number of carboxylic acid groups (broad SMARTS) is 1. The number of rotatable bonds is 4. The Kier molecular flexibility index (Phi) is 5.33. The minimum Gasteiger partial charge on any atom is -0.465 e. The molecule has 0 aliphatic carbocycles. The van der Waals surface area contributed by atoms with E-state index in [0.29, 0.717) is 25.2 Å². The molecule has 0 radical (unpaired) electrons. The maximum Gasteiger partial charge on any atom is 0.411 e. The first kappa shape index (κ1) is 20.4. The highest BCUT2D eigenvalue weighted by atomic mass is 16.4. The van der Waals surface area contributed by atoms with Crippen LogP contribution in [0.1, 0.15) is 16.8 Å². The van der Waals surface area contributed by atoms with Gasteiger partial charge in [-0.2, -0.15) is 0 Å². The summed E-state index contributed by atoms with van der Waals surface area (Å²) < 4.78 is 1.67. The van der Waals surface area contributed by atoms with Crippen LogP contribution >= 0.6 is 0 Å². The van der Waals surface area contributed by atoms with Crippen LogP contribution < -0.4 is 20.7 Å². The molecule has 3 heterocycles. The van der Waals surface area contributed by atoms with Crippen LogP contribution in [0.15, 0.2) is 47.5 Å². The third kappa shape index (κ3) is 4.07. The fourth-order valence-electron chi connectivity index (χ4n) is 3.79. The molecule has 0 saturated heterocycles. The van der Waals surface area contributed by atoms with Crippen LogP contribution in [-0.4, -0.2) is 46.4 Å². The standard InChI is InChI=1S/C22H24N6O3/c1-14-7-10-28(17-6-4-5-16(11-17)26(2)3)20(29)19(14)27-9-8-18-15(13-27)12-23-21(24-18)25-22(30)31/h4-7,10-12H,8-9,13H2,1-3H3,(H,30,31)(H,23,24,25). The van der Waals surface area contributed by atoms with Gasteiger partial charge in [0, 0.05) is 57.3 Å². The van der Waals surface area contributed by atoms with Crippen LogP contribution in [0.2, 0.25) is 0 Å². The highest BCUT2D eigenvalue weighted by molar-refractivity contribution is 5.80. The Morgan fingerprint density at radius 1 is 1.26 bits per heavy atom. The van der Waals surface area contributed by atoms with Gasteiger partial charge in [0.05, 0.1) is 11.4 Å². The van der Waals surface area contributed by atoms with Gasteiger partial charge in [-0.15, -0.1) is 0 Å². The molecule has 1 aliphatic rings. The van der Waals surface area contributed by atoms with Crippen LogP contribution in [-0.2, 0) is 13.0 Å². The third-order valence-electron chi connectivity index (χ3n) is 5.36. The van der Waals surface area contributed by atoms with Crippen LogP contribution in [0.4, 0.5) is 22.1 Å². The van der Waals surface area contributed by atoms with Crippen molar-refractivity contribution in [2.75, 3.05) is 35.8 Å². The number of pyridine rings is 1. The Morgan fingerprint density at radius 3 is 2.81 bits per heavy atom. The van der Waals surface area contributed by atoms with Gasteiger partial charge in [0.2, 0.25) is 5.95 Å². The van der Waals surface area contributed by atoms with E-state index in [-0.39, 0.29) is 11.5 Å². The normalized spacial score (nSPS) is 12.9. The molecule has 0 saturated carbocycles. The van der Waals surface area contributed by atoms with Gasteiger partial charge in [-0.25, -0.2) is 14.8 Å². The molecule has 1 aliphatic heterocycles. The summed E-state index contributed by atoms with van der Waals surface area (Å²) in [6.45, 7) is 3.03. The predicted molar refractivity (Wildman–Crippen MR) is 120 cm³/mol. The second-order valence-electron chi connectivity index (χ2n) is 7.70. The van der Waals surface area contributed by atoms with Gasteiger partial charge >= 0.3 is 6.09 Å². The lowest BCUT2D eigenvalue weighted by Crippen LogP contribution is -2.37. The topological polar surface area (TPSA) is 104 Å². The average molecular weight is 420 g/mol. The summed E-state index contributed by atoms with van der Waals surface area (Å²) in [4.78, 5) is 36.7. The number of nitrogens with zero attached hydrogens (tertiary/aromatic N) is 5. The fourth-order valence-corrected chi connectivity index (χ4v) is 3.79. The largest absolute Gasteiger partial charge is 0.465 e. The second-order valence-corrected chi connectivity index (χ2v) is 7.70. The Balaban J connectivity index is 1.68. The molecule has 31 heavy (non-hydrogen) atoms. The average Bonchev–Trinajstić information content (AvgIpc) is 2.73. The van der Waals surface area contributed by atoms with Crippen molar-refractivity contribution in [3.63, 3.8) is 0 Å². The number of fused-ring (bicyclic) bond motifs is 1. The van der Waals surface area contributed by atoms with E-state index in [1.54, 1.807) is 17.0 Å². The van der Waals surface area contributed by atoms with Crippen molar-refractivity contribution in [3.8, 4) is 5.69 Å². The number of aromatic nitrogens is 3. The highest BCUT2D eigenvalue weighted by Gasteiger charge is 2.23. The zero-order chi connectivity index (χ0) is 22.1. The third-order valence-corrected chi connectivity index (χ3v) is 5.36. The van der Waals surface area contributed by atoms with E-state index in [4.69, 9.17) is 5.11 Å². The van der Waals surface area contributed by atoms with Crippen LogP contribution in [0, 0.1) is 6.92 Å². The van der Waals surface area contributed by atoms with Gasteiger partial charge in [-0.3, -0.25) is 14.7 Å². The van der Waals surface area contributed by atoms with E-state index < -0.39 is 6.09 Å². The Morgan fingerprint density at radius 2 is 2.06 bits per heavy atom. The minimum atomic E-state index is -1.20. The summed E-state index contributed by atoms with van der Waals surface area (Å²) in [7, 11) is 3.93. The van der Waals surface area contributed by atoms with Gasteiger partial charge < -0.3 is 14.9 Å². The van der Waals surface area contributed by atoms with E-state index in [1.807, 2.05) is 61.2 Å². The number of amides is 1. The number of nitrogens with one attached hydrogen (secondary N) is 1. The van der Waals surface area contributed by atoms with E-state index >= 15 is 0 Å². The van der Waals surface area contributed by atoms with Crippen LogP contribution in [0.25, 0.3) is 5.69 Å². The molecular formula is C22H24N6O3. The molecule has 0 spiro atoms. The summed E-state index contributed by atoms with van der Waals surface area (Å²) in [6, 6.07) is 9.79. The summed E-state index contributed by atoms with van der Waals surface area (Å²) in [5.41, 5.74) is 4.97. The first-order valence-corrected chi connectivity index (χ1v) is 9.93. The Hall–Kier alpha value is -3.88. The Labute approximate surface area is 179 Å². The molecule has 0 fully saturated rings. The second kappa shape index (κ2) is 8.10. The number of benzene rings is 1. The molecule has 160 valence electrons. The molecule has 2 N–H and O–H groups in total. The summed E-state index contributed by atoms with van der Waals surface area (Å²) >= 11 is 0. The van der Waals surface area contributed by atoms with Crippen molar-refractivity contribution in [1.29, 1.82) is 0 Å². The van der Waals surface area contributed by atoms with Crippen molar-refractivity contribution in [1.82, 2.24) is 14.5 Å². The molecule has 1 aromatic carbocycles. The molecule has 9 heteroatoms. The number of carbonyl (C=O) groups is 1. The monoisotopic (exact) mass is 420 g/mol. The SMILES string of the molecule is Cc1ccn(-c2cccc(N(C)C)c2)c(=O)c1N1CCc2nc(NC(=O)O)ncc2C1. The quantitative estimate of drug-likeness (QED) is 0.669. The van der Waals surface area contributed by atoms with Crippen molar-refractivity contribution >= 4 is 23.4 Å². The number of hydrogen-bond donors (Lipinski definition) is 2. The van der Waals surface area contributed by atoms with E-state index in [9.17, 15) is 9.59 Å². The summed E-state index contributed by atoms with van der Waals surface area (Å²) in [6.07, 6.45) is 2.82. The predicted octanol–water partition coefficient (Wildman–Crippen LogP) is 2.65. The van der Waals surface area contributed by atoms with Gasteiger partial charge in [-0.05, 0) is 36.8 Å². The first-order valence-electron chi connectivity index (χ1n) is 9.93. The lowest BCUT2D eigenvalue weighted by atomic mass is 10.1. The maximum atomic E-state index is 13.5. The van der Waals surface area contributed by atoms with Crippen molar-refractivity contribution in [3.05, 3.63) is 69.9 Å². The first-order chi connectivity index (χ1) is 14.8. The molecule has 3 aromatic rings. The van der Waals surface area contributed by atoms with Gasteiger partial charge in [0.1, 0.15) is 5.69 Å². The van der Waals surface area contributed by atoms with Gasteiger partial charge in [-0.1, -0.05) is 6.07 Å². The molecule has 4 rings (SSSR count). The number of anilines is 3. The maximum absolute atomic E-state index is 13.5. The van der Waals surface area contributed by atoms with E-state index in [0.717, 1.165) is 28.2 Å². The van der Waals surface area contributed by atoms with Crippen molar-refractivity contribution in [2.45, 2.75) is 19.9 Å². The van der Waals surface area contributed by atoms with Crippen LogP contribution in [0.5, 0.6) is 0 Å². The van der Waals surface area contributed by atoms with Crippen molar-refractivity contribution in [2.24, 2.45) is 0 Å². The lowest BCUT2D eigenvalue weighted by Gasteiger charge is -2.31.